The van der Waals surface area contributed by atoms with E-state index in [0.717, 1.165) is 6.92 Å². The molecule has 0 aliphatic rings. The summed E-state index contributed by atoms with van der Waals surface area (Å²) in [6, 6.07) is 0. The van der Waals surface area contributed by atoms with Gasteiger partial charge in [0.25, 0.3) is 0 Å². The Bertz CT molecular complexity index is 33.4. The van der Waals surface area contributed by atoms with Crippen molar-refractivity contribution in [2.24, 2.45) is 0 Å². The van der Waals surface area contributed by atoms with Crippen molar-refractivity contribution in [3.05, 3.63) is 0 Å². The number of carboxylic acid groups (broad SMARTS) is 1. The Morgan fingerprint density at radius 2 is 1.25 bits per heavy atom. The van der Waals surface area contributed by atoms with Gasteiger partial charge in [-0.15, -0.1) is 0 Å². The molecule has 0 atom stereocenters. The van der Waals surface area contributed by atoms with Crippen LogP contribution in [0.15, 0.2) is 0 Å². The fourth-order valence-corrected chi connectivity index (χ4v) is 0. The van der Waals surface area contributed by atoms with Crippen LogP contribution in [0.2, 0.25) is 0 Å². The standard InChI is InChI=1S/C2H4O2.Co.3H2O/c1-2(3)4;;;;/h1H3,(H,3,4);;3*1H2/q;+2;;;/p-1. The smallest absolute Gasteiger partial charge is 0.550 e. The molecule has 55 valence electrons. The van der Waals surface area contributed by atoms with Gasteiger partial charge in [-0.25, -0.2) is 0 Å². The van der Waals surface area contributed by atoms with Gasteiger partial charge in [0.1, 0.15) is 0 Å². The zero-order valence-corrected chi connectivity index (χ0v) is 5.19. The van der Waals surface area contributed by atoms with Crippen LogP contribution in [0.3, 0.4) is 0 Å². The van der Waals surface area contributed by atoms with Crippen LogP contribution in [0, 0.1) is 0 Å². The predicted molar refractivity (Wildman–Crippen MR) is 21.5 cm³/mol. The molecule has 0 saturated carbocycles. The summed E-state index contributed by atoms with van der Waals surface area (Å²) in [5.41, 5.74) is 0. The molecule has 1 radical (unpaired) electrons. The number of rotatable bonds is 0. The maximum atomic E-state index is 8.89. The SMILES string of the molecule is CC(=O)[O-].O.O.O.[Co+2]. The van der Waals surface area contributed by atoms with E-state index < -0.39 is 5.97 Å². The normalized spacial score (nSPS) is 3.12. The van der Waals surface area contributed by atoms with E-state index in [0.29, 0.717) is 0 Å². The number of aliphatic carboxylic acids is 1. The average molecular weight is 172 g/mol. The first-order valence-electron chi connectivity index (χ1n) is 0.908. The molecule has 0 aliphatic carbocycles. The predicted octanol–water partition coefficient (Wildman–Crippen LogP) is -3.72. The second-order valence-corrected chi connectivity index (χ2v) is 0.492. The third-order valence-electron chi connectivity index (χ3n) is 0. The molecule has 0 aromatic rings. The molecule has 0 amide bonds. The molecule has 0 heterocycles. The van der Waals surface area contributed by atoms with Gasteiger partial charge in [0.2, 0.25) is 0 Å². The van der Waals surface area contributed by atoms with Crippen molar-refractivity contribution in [2.45, 2.75) is 6.92 Å². The fourth-order valence-electron chi connectivity index (χ4n) is 0. The zero-order chi connectivity index (χ0) is 3.58. The van der Waals surface area contributed by atoms with Gasteiger partial charge >= 0.3 is 16.8 Å². The molecular weight excluding hydrogens is 163 g/mol. The van der Waals surface area contributed by atoms with Gasteiger partial charge < -0.3 is 26.3 Å². The van der Waals surface area contributed by atoms with Crippen LogP contribution in [-0.2, 0) is 21.6 Å². The monoisotopic (exact) mass is 172 g/mol. The second-order valence-electron chi connectivity index (χ2n) is 0.492. The van der Waals surface area contributed by atoms with Gasteiger partial charge in [-0.1, -0.05) is 0 Å². The van der Waals surface area contributed by atoms with E-state index in [1.165, 1.54) is 0 Å². The Kier molecular flexibility index (Phi) is 163. The summed E-state index contributed by atoms with van der Waals surface area (Å²) in [4.78, 5) is 8.89. The number of hydrogen-bond acceptors (Lipinski definition) is 2. The molecule has 8 heavy (non-hydrogen) atoms. The van der Waals surface area contributed by atoms with Gasteiger partial charge in [0.15, 0.2) is 0 Å². The number of carbonyl (C=O) groups is 1. The van der Waals surface area contributed by atoms with Gasteiger partial charge in [0.05, 0.1) is 0 Å². The van der Waals surface area contributed by atoms with Crippen molar-refractivity contribution in [3.63, 3.8) is 0 Å². The molecule has 6 N–H and O–H groups in total. The quantitative estimate of drug-likeness (QED) is 0.371. The molecule has 6 heteroatoms. The van der Waals surface area contributed by atoms with Gasteiger partial charge in [0, 0.05) is 5.97 Å². The summed E-state index contributed by atoms with van der Waals surface area (Å²) in [5, 5.41) is 8.89. The summed E-state index contributed by atoms with van der Waals surface area (Å²) >= 11 is 0. The fraction of sp³-hybridized carbons (Fsp3) is 0.500. The molecule has 0 spiro atoms. The minimum Gasteiger partial charge on any atom is -0.550 e. The van der Waals surface area contributed by atoms with Gasteiger partial charge in [-0.2, -0.15) is 0 Å². The Morgan fingerprint density at radius 3 is 1.25 bits per heavy atom. The molecule has 0 rings (SSSR count). The van der Waals surface area contributed by atoms with Gasteiger partial charge in [-0.05, 0) is 6.92 Å². The molecule has 0 bridgehead atoms. The van der Waals surface area contributed by atoms with Crippen LogP contribution in [0.1, 0.15) is 6.92 Å². The maximum Gasteiger partial charge on any atom is 2.00 e. The number of carbonyl (C=O) groups excluding carboxylic acids is 1. The third-order valence-corrected chi connectivity index (χ3v) is 0. The molecule has 0 aliphatic heterocycles. The minimum atomic E-state index is -1.08. The number of hydrogen-bond donors (Lipinski definition) is 0. The Balaban J connectivity index is -0.00000000750. The van der Waals surface area contributed by atoms with Crippen LogP contribution in [0.5, 0.6) is 0 Å². The van der Waals surface area contributed by atoms with E-state index in [4.69, 9.17) is 9.90 Å². The molecule has 0 aromatic heterocycles. The molecule has 5 nitrogen and oxygen atoms in total. The summed E-state index contributed by atoms with van der Waals surface area (Å²) < 4.78 is 0. The molecule has 0 aromatic carbocycles. The van der Waals surface area contributed by atoms with Crippen molar-refractivity contribution in [1.82, 2.24) is 0 Å². The van der Waals surface area contributed by atoms with E-state index in [1.54, 1.807) is 0 Å². The molecule has 0 unspecified atom stereocenters. The first-order valence-corrected chi connectivity index (χ1v) is 0.908. The first kappa shape index (κ1) is 45.3. The van der Waals surface area contributed by atoms with Crippen LogP contribution < -0.4 is 5.11 Å². The number of carboxylic acids is 1. The summed E-state index contributed by atoms with van der Waals surface area (Å²) in [6.45, 7) is 0.972. The van der Waals surface area contributed by atoms with Crippen LogP contribution in [0.25, 0.3) is 0 Å². The van der Waals surface area contributed by atoms with Crippen molar-refractivity contribution in [1.29, 1.82) is 0 Å². The van der Waals surface area contributed by atoms with Crippen LogP contribution in [-0.4, -0.2) is 22.4 Å². The van der Waals surface area contributed by atoms with E-state index in [-0.39, 0.29) is 33.2 Å². The summed E-state index contributed by atoms with van der Waals surface area (Å²) in [6.07, 6.45) is 0. The Hall–Kier alpha value is -0.144. The molecular formula is C2H9CoO5+. The van der Waals surface area contributed by atoms with Crippen molar-refractivity contribution in [3.8, 4) is 0 Å². The zero-order valence-electron chi connectivity index (χ0n) is 4.15. The van der Waals surface area contributed by atoms with Crippen LogP contribution in [0.4, 0.5) is 0 Å². The van der Waals surface area contributed by atoms with Crippen LogP contribution >= 0.6 is 0 Å². The Morgan fingerprint density at radius 1 is 1.25 bits per heavy atom. The third kappa shape index (κ3) is 6710. The molecule has 0 fully saturated rings. The average Bonchev–Trinajstić information content (AvgIpc) is 0.811. The second kappa shape index (κ2) is 28.8. The van der Waals surface area contributed by atoms with E-state index in [9.17, 15) is 0 Å². The maximum absolute atomic E-state index is 8.89. The largest absolute Gasteiger partial charge is 2.00 e. The van der Waals surface area contributed by atoms with E-state index >= 15 is 0 Å². The van der Waals surface area contributed by atoms with Gasteiger partial charge in [-0.3, -0.25) is 0 Å². The first-order chi connectivity index (χ1) is 1.73. The van der Waals surface area contributed by atoms with E-state index in [1.807, 2.05) is 0 Å². The minimum absolute atomic E-state index is 0. The molecule has 0 saturated heterocycles. The Labute approximate surface area is 56.8 Å². The van der Waals surface area contributed by atoms with Crippen molar-refractivity contribution >= 4 is 5.97 Å². The van der Waals surface area contributed by atoms with Crippen molar-refractivity contribution in [2.75, 3.05) is 0 Å². The summed E-state index contributed by atoms with van der Waals surface area (Å²) in [5.74, 6) is -1.08. The van der Waals surface area contributed by atoms with Crippen molar-refractivity contribution < 1.29 is 43.1 Å². The van der Waals surface area contributed by atoms with E-state index in [2.05, 4.69) is 0 Å². The topological polar surface area (TPSA) is 135 Å². The summed E-state index contributed by atoms with van der Waals surface area (Å²) in [7, 11) is 0.